The van der Waals surface area contributed by atoms with Gasteiger partial charge in [0.15, 0.2) is 0 Å². The first-order chi connectivity index (χ1) is 9.62. The highest BCUT2D eigenvalue weighted by molar-refractivity contribution is 5.94. The average molecular weight is 274 g/mol. The molecule has 0 atom stereocenters. The van der Waals surface area contributed by atoms with Gasteiger partial charge in [0, 0.05) is 24.1 Å². The predicted molar refractivity (Wildman–Crippen MR) is 78.4 cm³/mol. The highest BCUT2D eigenvalue weighted by Gasteiger charge is 2.35. The minimum atomic E-state index is -0.205. The average Bonchev–Trinajstić information content (AvgIpc) is 2.92. The fraction of sp³-hybridized carbons (Fsp3) is 0.500. The quantitative estimate of drug-likeness (QED) is 0.808. The number of hydrogen-bond acceptors (Lipinski definition) is 2. The van der Waals surface area contributed by atoms with E-state index >= 15 is 0 Å². The summed E-state index contributed by atoms with van der Waals surface area (Å²) in [7, 11) is 0. The molecule has 0 saturated heterocycles. The van der Waals surface area contributed by atoms with Gasteiger partial charge in [-0.25, -0.2) is 0 Å². The Balaban J connectivity index is 1.69. The minimum absolute atomic E-state index is 0.105. The monoisotopic (exact) mass is 274 g/mol. The Morgan fingerprint density at radius 3 is 2.30 bits per heavy atom. The number of carbonyl (C=O) groups excluding carboxylic acids is 2. The summed E-state index contributed by atoms with van der Waals surface area (Å²) in [5.74, 6) is 0.0101. The standard InChI is InChI=1S/C16H22N2O2/c1-16(9-5-6-10-16)15(20)18-12-11-17-14(19)13-7-3-2-4-8-13/h2-4,7-8H,5-6,9-12H2,1H3,(H,17,19)(H,18,20). The maximum Gasteiger partial charge on any atom is 0.251 e. The minimum Gasteiger partial charge on any atom is -0.354 e. The third kappa shape index (κ3) is 3.59. The van der Waals surface area contributed by atoms with Crippen LogP contribution in [0.2, 0.25) is 0 Å². The van der Waals surface area contributed by atoms with Gasteiger partial charge in [0.2, 0.25) is 5.91 Å². The Bertz CT molecular complexity index is 465. The Morgan fingerprint density at radius 2 is 1.65 bits per heavy atom. The molecule has 1 fully saturated rings. The summed E-state index contributed by atoms with van der Waals surface area (Å²) in [6.45, 7) is 2.96. The summed E-state index contributed by atoms with van der Waals surface area (Å²) in [4.78, 5) is 23.8. The molecule has 20 heavy (non-hydrogen) atoms. The largest absolute Gasteiger partial charge is 0.354 e. The maximum absolute atomic E-state index is 12.1. The molecular weight excluding hydrogens is 252 g/mol. The number of rotatable bonds is 5. The molecule has 0 spiro atoms. The van der Waals surface area contributed by atoms with Crippen LogP contribution in [0, 0.1) is 5.41 Å². The van der Waals surface area contributed by atoms with Crippen LogP contribution in [0.3, 0.4) is 0 Å². The van der Waals surface area contributed by atoms with Crippen molar-refractivity contribution in [2.75, 3.05) is 13.1 Å². The van der Waals surface area contributed by atoms with Crippen molar-refractivity contribution in [3.63, 3.8) is 0 Å². The highest BCUT2D eigenvalue weighted by atomic mass is 16.2. The second-order valence-electron chi connectivity index (χ2n) is 5.65. The van der Waals surface area contributed by atoms with Crippen LogP contribution in [0.15, 0.2) is 30.3 Å². The van der Waals surface area contributed by atoms with Crippen LogP contribution < -0.4 is 10.6 Å². The number of hydrogen-bond donors (Lipinski definition) is 2. The summed E-state index contributed by atoms with van der Waals surface area (Å²) in [5, 5.41) is 5.72. The molecule has 1 aromatic carbocycles. The van der Waals surface area contributed by atoms with E-state index in [9.17, 15) is 9.59 Å². The number of nitrogens with one attached hydrogen (secondary N) is 2. The summed E-state index contributed by atoms with van der Waals surface area (Å²) >= 11 is 0. The van der Waals surface area contributed by atoms with Crippen molar-refractivity contribution in [2.45, 2.75) is 32.6 Å². The first-order valence-corrected chi connectivity index (χ1v) is 7.23. The lowest BCUT2D eigenvalue weighted by molar-refractivity contribution is -0.129. The Hall–Kier alpha value is -1.84. The van der Waals surface area contributed by atoms with Crippen LogP contribution in [-0.4, -0.2) is 24.9 Å². The second kappa shape index (κ2) is 6.55. The normalized spacial score (nSPS) is 16.6. The maximum atomic E-state index is 12.1. The summed E-state index contributed by atoms with van der Waals surface area (Å²) in [6, 6.07) is 9.08. The van der Waals surface area contributed by atoms with Crippen LogP contribution in [0.4, 0.5) is 0 Å². The molecule has 2 N–H and O–H groups in total. The van der Waals surface area contributed by atoms with Crippen LogP contribution in [0.1, 0.15) is 43.0 Å². The van der Waals surface area contributed by atoms with Gasteiger partial charge in [0.25, 0.3) is 5.91 Å². The van der Waals surface area contributed by atoms with Crippen LogP contribution >= 0.6 is 0 Å². The van der Waals surface area contributed by atoms with Gasteiger partial charge < -0.3 is 10.6 Å². The molecule has 1 aromatic rings. The molecule has 1 saturated carbocycles. The Labute approximate surface area is 119 Å². The molecule has 1 aliphatic rings. The molecule has 0 aliphatic heterocycles. The van der Waals surface area contributed by atoms with Gasteiger partial charge in [-0.1, -0.05) is 38.0 Å². The molecule has 2 rings (SSSR count). The van der Waals surface area contributed by atoms with Crippen LogP contribution in [0.25, 0.3) is 0 Å². The fourth-order valence-electron chi connectivity index (χ4n) is 2.64. The van der Waals surface area contributed by atoms with Crippen molar-refractivity contribution in [3.8, 4) is 0 Å². The fourth-order valence-corrected chi connectivity index (χ4v) is 2.64. The highest BCUT2D eigenvalue weighted by Crippen LogP contribution is 2.37. The van der Waals surface area contributed by atoms with Gasteiger partial charge in [-0.2, -0.15) is 0 Å². The van der Waals surface area contributed by atoms with E-state index in [2.05, 4.69) is 10.6 Å². The SMILES string of the molecule is CC1(C(=O)NCCNC(=O)c2ccccc2)CCCC1. The molecule has 0 unspecified atom stereocenters. The zero-order valence-corrected chi connectivity index (χ0v) is 11.9. The van der Waals surface area contributed by atoms with Crippen molar-refractivity contribution in [3.05, 3.63) is 35.9 Å². The van der Waals surface area contributed by atoms with Gasteiger partial charge in [-0.3, -0.25) is 9.59 Å². The van der Waals surface area contributed by atoms with E-state index in [1.54, 1.807) is 12.1 Å². The number of carbonyl (C=O) groups is 2. The van der Waals surface area contributed by atoms with E-state index in [1.165, 1.54) is 0 Å². The third-order valence-electron chi connectivity index (χ3n) is 3.99. The van der Waals surface area contributed by atoms with Gasteiger partial charge in [-0.05, 0) is 25.0 Å². The van der Waals surface area contributed by atoms with E-state index in [4.69, 9.17) is 0 Å². The molecule has 108 valence electrons. The van der Waals surface area contributed by atoms with Crippen molar-refractivity contribution < 1.29 is 9.59 Å². The zero-order chi connectivity index (χ0) is 14.4. The third-order valence-corrected chi connectivity index (χ3v) is 3.99. The smallest absolute Gasteiger partial charge is 0.251 e. The van der Waals surface area contributed by atoms with Gasteiger partial charge in [-0.15, -0.1) is 0 Å². The molecule has 1 aliphatic carbocycles. The Morgan fingerprint density at radius 1 is 1.05 bits per heavy atom. The van der Waals surface area contributed by atoms with Crippen molar-refractivity contribution in [1.82, 2.24) is 10.6 Å². The first kappa shape index (κ1) is 14.6. The van der Waals surface area contributed by atoms with E-state index in [0.29, 0.717) is 18.7 Å². The lowest BCUT2D eigenvalue weighted by Crippen LogP contribution is -2.41. The van der Waals surface area contributed by atoms with Gasteiger partial charge in [0.05, 0.1) is 0 Å². The molecule has 4 nitrogen and oxygen atoms in total. The molecular formula is C16H22N2O2. The number of benzene rings is 1. The van der Waals surface area contributed by atoms with Gasteiger partial charge in [0.1, 0.15) is 0 Å². The predicted octanol–water partition coefficient (Wildman–Crippen LogP) is 2.11. The molecule has 2 amide bonds. The zero-order valence-electron chi connectivity index (χ0n) is 11.9. The summed E-state index contributed by atoms with van der Waals surface area (Å²) < 4.78 is 0. The van der Waals surface area contributed by atoms with Gasteiger partial charge >= 0.3 is 0 Å². The van der Waals surface area contributed by atoms with E-state index in [1.807, 2.05) is 25.1 Å². The first-order valence-electron chi connectivity index (χ1n) is 7.23. The molecule has 0 radical (unpaired) electrons. The number of amides is 2. The molecule has 0 bridgehead atoms. The Kier molecular flexibility index (Phi) is 4.77. The lowest BCUT2D eigenvalue weighted by atomic mass is 9.88. The second-order valence-corrected chi connectivity index (χ2v) is 5.65. The molecule has 0 aromatic heterocycles. The lowest BCUT2D eigenvalue weighted by Gasteiger charge is -2.22. The van der Waals surface area contributed by atoms with Crippen LogP contribution in [0.5, 0.6) is 0 Å². The molecule has 0 heterocycles. The van der Waals surface area contributed by atoms with E-state index in [0.717, 1.165) is 25.7 Å². The topological polar surface area (TPSA) is 58.2 Å². The van der Waals surface area contributed by atoms with E-state index < -0.39 is 0 Å². The van der Waals surface area contributed by atoms with Crippen molar-refractivity contribution >= 4 is 11.8 Å². The van der Waals surface area contributed by atoms with Crippen molar-refractivity contribution in [1.29, 1.82) is 0 Å². The van der Waals surface area contributed by atoms with E-state index in [-0.39, 0.29) is 17.2 Å². The van der Waals surface area contributed by atoms with Crippen LogP contribution in [-0.2, 0) is 4.79 Å². The van der Waals surface area contributed by atoms with Crippen molar-refractivity contribution in [2.24, 2.45) is 5.41 Å². The summed E-state index contributed by atoms with van der Waals surface area (Å²) in [5.41, 5.74) is 0.435. The molecule has 4 heteroatoms. The summed E-state index contributed by atoms with van der Waals surface area (Å²) in [6.07, 6.45) is 4.20.